The molecule has 0 saturated carbocycles. The van der Waals surface area contributed by atoms with Gasteiger partial charge in [-0.2, -0.15) is 0 Å². The molecule has 0 bridgehead atoms. The van der Waals surface area contributed by atoms with E-state index in [2.05, 4.69) is 0 Å². The molecule has 6 heteroatoms. The molecular weight excluding hydrogens is 260 g/mol. The molecule has 0 aliphatic rings. The average molecular weight is 282 g/mol. The normalized spacial score (nSPS) is 12.2. The summed E-state index contributed by atoms with van der Waals surface area (Å²) in [6.07, 6.45) is 1.46. The van der Waals surface area contributed by atoms with Crippen molar-refractivity contribution in [1.29, 1.82) is 0 Å². The van der Waals surface area contributed by atoms with E-state index in [1.165, 1.54) is 13.4 Å². The summed E-state index contributed by atoms with van der Waals surface area (Å²) >= 11 is 0. The minimum Gasteiger partial charge on any atom is -0.469 e. The van der Waals surface area contributed by atoms with Gasteiger partial charge in [-0.25, -0.2) is 0 Å². The molecule has 1 atom stereocenters. The van der Waals surface area contributed by atoms with E-state index in [0.717, 1.165) is 0 Å². The highest BCUT2D eigenvalue weighted by Crippen LogP contribution is 2.09. The summed E-state index contributed by atoms with van der Waals surface area (Å²) in [7, 11) is 5.20. The van der Waals surface area contributed by atoms with Crippen molar-refractivity contribution in [3.63, 3.8) is 0 Å². The van der Waals surface area contributed by atoms with E-state index in [1.807, 2.05) is 19.0 Å². The van der Waals surface area contributed by atoms with Gasteiger partial charge in [0, 0.05) is 19.6 Å². The zero-order valence-electron chi connectivity index (χ0n) is 12.5. The molecule has 1 unspecified atom stereocenters. The van der Waals surface area contributed by atoms with Crippen LogP contribution in [0.5, 0.6) is 0 Å². The molecule has 1 heterocycles. The molecule has 20 heavy (non-hydrogen) atoms. The van der Waals surface area contributed by atoms with Crippen molar-refractivity contribution in [2.45, 2.75) is 6.92 Å². The Kier molecular flexibility index (Phi) is 6.24. The molecule has 0 N–H and O–H groups in total. The van der Waals surface area contributed by atoms with Crippen LogP contribution >= 0.6 is 0 Å². The highest BCUT2D eigenvalue weighted by atomic mass is 16.5. The molecule has 0 aliphatic carbocycles. The van der Waals surface area contributed by atoms with E-state index in [4.69, 9.17) is 9.15 Å². The number of methoxy groups -OCH3 is 1. The van der Waals surface area contributed by atoms with Gasteiger partial charge in [0.2, 0.25) is 0 Å². The average Bonchev–Trinajstić information content (AvgIpc) is 2.95. The van der Waals surface area contributed by atoms with Crippen LogP contribution in [-0.2, 0) is 9.53 Å². The van der Waals surface area contributed by atoms with Crippen molar-refractivity contribution < 1.29 is 18.7 Å². The van der Waals surface area contributed by atoms with Gasteiger partial charge in [-0.15, -0.1) is 0 Å². The van der Waals surface area contributed by atoms with Crippen LogP contribution in [0.4, 0.5) is 0 Å². The van der Waals surface area contributed by atoms with Crippen LogP contribution in [0.15, 0.2) is 22.8 Å². The second-order valence-corrected chi connectivity index (χ2v) is 4.96. The lowest BCUT2D eigenvalue weighted by Gasteiger charge is -2.25. The Labute approximate surface area is 119 Å². The van der Waals surface area contributed by atoms with E-state index < -0.39 is 0 Å². The van der Waals surface area contributed by atoms with Crippen LogP contribution in [0.3, 0.4) is 0 Å². The first-order valence-corrected chi connectivity index (χ1v) is 6.51. The maximum absolute atomic E-state index is 12.3. The number of nitrogens with zero attached hydrogens (tertiary/aromatic N) is 2. The molecule has 0 aliphatic heterocycles. The first kappa shape index (κ1) is 16.2. The molecular formula is C14H22N2O4. The standard InChI is InChI=1S/C14H22N2O4/c1-11(14(18)19-4)10-16(8-7-15(2)3)13(17)12-6-5-9-20-12/h5-6,9,11H,7-8,10H2,1-4H3. The summed E-state index contributed by atoms with van der Waals surface area (Å²) in [6.45, 7) is 3.28. The Balaban J connectivity index is 2.74. The quantitative estimate of drug-likeness (QED) is 0.701. The Hall–Kier alpha value is -1.82. The number of hydrogen-bond acceptors (Lipinski definition) is 5. The van der Waals surface area contributed by atoms with Crippen LogP contribution in [0.2, 0.25) is 0 Å². The van der Waals surface area contributed by atoms with Crippen molar-refractivity contribution in [1.82, 2.24) is 9.80 Å². The number of amides is 1. The van der Waals surface area contributed by atoms with Crippen LogP contribution < -0.4 is 0 Å². The van der Waals surface area contributed by atoms with Crippen molar-refractivity contribution >= 4 is 11.9 Å². The minimum absolute atomic E-state index is 0.215. The van der Waals surface area contributed by atoms with E-state index in [1.54, 1.807) is 24.0 Å². The molecule has 0 aromatic carbocycles. The van der Waals surface area contributed by atoms with Crippen LogP contribution in [0.25, 0.3) is 0 Å². The SMILES string of the molecule is COC(=O)C(C)CN(CCN(C)C)C(=O)c1ccco1. The lowest BCUT2D eigenvalue weighted by molar-refractivity contribution is -0.145. The van der Waals surface area contributed by atoms with E-state index in [9.17, 15) is 9.59 Å². The smallest absolute Gasteiger partial charge is 0.310 e. The molecule has 6 nitrogen and oxygen atoms in total. The topological polar surface area (TPSA) is 63.0 Å². The van der Waals surface area contributed by atoms with Crippen molar-refractivity contribution in [2.24, 2.45) is 5.92 Å². The predicted octanol–water partition coefficient (Wildman–Crippen LogP) is 1.09. The molecule has 0 spiro atoms. The first-order valence-electron chi connectivity index (χ1n) is 6.51. The van der Waals surface area contributed by atoms with Crippen molar-refractivity contribution in [3.05, 3.63) is 24.2 Å². The number of carbonyl (C=O) groups excluding carboxylic acids is 2. The van der Waals surface area contributed by atoms with Gasteiger partial charge in [-0.3, -0.25) is 9.59 Å². The predicted molar refractivity (Wildman–Crippen MR) is 74.3 cm³/mol. The lowest BCUT2D eigenvalue weighted by Crippen LogP contribution is -2.40. The molecule has 1 aromatic heterocycles. The van der Waals surface area contributed by atoms with Gasteiger partial charge < -0.3 is 19.0 Å². The monoisotopic (exact) mass is 282 g/mol. The van der Waals surface area contributed by atoms with Crippen molar-refractivity contribution in [2.75, 3.05) is 40.8 Å². The number of furan rings is 1. The molecule has 0 fully saturated rings. The fourth-order valence-electron chi connectivity index (χ4n) is 1.76. The van der Waals surface area contributed by atoms with Gasteiger partial charge in [0.1, 0.15) is 0 Å². The van der Waals surface area contributed by atoms with E-state index >= 15 is 0 Å². The van der Waals surface area contributed by atoms with Gasteiger partial charge >= 0.3 is 5.97 Å². The maximum Gasteiger partial charge on any atom is 0.310 e. The summed E-state index contributed by atoms with van der Waals surface area (Å²) in [5, 5.41) is 0. The Morgan fingerprint density at radius 2 is 2.05 bits per heavy atom. The number of carbonyl (C=O) groups is 2. The summed E-state index contributed by atoms with van der Waals surface area (Å²) in [6, 6.07) is 3.29. The molecule has 1 aromatic rings. The fraction of sp³-hybridized carbons (Fsp3) is 0.571. The molecule has 1 amide bonds. The highest BCUT2D eigenvalue weighted by Gasteiger charge is 2.23. The Morgan fingerprint density at radius 1 is 1.35 bits per heavy atom. The molecule has 0 radical (unpaired) electrons. The van der Waals surface area contributed by atoms with Crippen LogP contribution in [-0.4, -0.2) is 62.5 Å². The second kappa shape index (κ2) is 7.69. The lowest BCUT2D eigenvalue weighted by atomic mass is 10.1. The minimum atomic E-state index is -0.374. The molecule has 112 valence electrons. The molecule has 1 rings (SSSR count). The maximum atomic E-state index is 12.3. The number of ether oxygens (including phenoxy) is 1. The third-order valence-corrected chi connectivity index (χ3v) is 2.93. The van der Waals surface area contributed by atoms with Gasteiger partial charge in [0.15, 0.2) is 5.76 Å². The number of likely N-dealkylation sites (N-methyl/N-ethyl adjacent to an activating group) is 1. The molecule has 0 saturated heterocycles. The van der Waals surface area contributed by atoms with Crippen LogP contribution in [0.1, 0.15) is 17.5 Å². The largest absolute Gasteiger partial charge is 0.469 e. The fourth-order valence-corrected chi connectivity index (χ4v) is 1.76. The zero-order chi connectivity index (χ0) is 15.1. The van der Waals surface area contributed by atoms with E-state index in [0.29, 0.717) is 19.6 Å². The highest BCUT2D eigenvalue weighted by molar-refractivity contribution is 5.91. The third kappa shape index (κ3) is 4.70. The first-order chi connectivity index (χ1) is 9.45. The zero-order valence-corrected chi connectivity index (χ0v) is 12.5. The number of esters is 1. The second-order valence-electron chi connectivity index (χ2n) is 4.96. The Morgan fingerprint density at radius 3 is 2.55 bits per heavy atom. The van der Waals surface area contributed by atoms with Gasteiger partial charge in [-0.05, 0) is 26.2 Å². The Bertz CT molecular complexity index is 428. The third-order valence-electron chi connectivity index (χ3n) is 2.93. The van der Waals surface area contributed by atoms with Gasteiger partial charge in [0.25, 0.3) is 5.91 Å². The summed E-state index contributed by atoms with van der Waals surface area (Å²) in [5.74, 6) is -0.637. The number of hydrogen-bond donors (Lipinski definition) is 0. The summed E-state index contributed by atoms with van der Waals surface area (Å²) in [4.78, 5) is 27.4. The van der Waals surface area contributed by atoms with Crippen molar-refractivity contribution in [3.8, 4) is 0 Å². The summed E-state index contributed by atoms with van der Waals surface area (Å²) in [5.41, 5.74) is 0. The van der Waals surface area contributed by atoms with Crippen LogP contribution in [0, 0.1) is 5.92 Å². The summed E-state index contributed by atoms with van der Waals surface area (Å²) < 4.78 is 9.83. The number of rotatable bonds is 7. The van der Waals surface area contributed by atoms with Gasteiger partial charge in [0.05, 0.1) is 19.3 Å². The van der Waals surface area contributed by atoms with Gasteiger partial charge in [-0.1, -0.05) is 6.92 Å². The van der Waals surface area contributed by atoms with E-state index in [-0.39, 0.29) is 23.6 Å².